The van der Waals surface area contributed by atoms with Crippen LogP contribution in [0.25, 0.3) is 0 Å². The average Bonchev–Trinajstić information content (AvgIpc) is 3.15. The van der Waals surface area contributed by atoms with Crippen LogP contribution in [0, 0.1) is 0 Å². The first-order valence-electron chi connectivity index (χ1n) is 23.2. The number of rotatable bonds is 42. The summed E-state index contributed by atoms with van der Waals surface area (Å²) in [5, 5.41) is 23.0. The number of aliphatic hydroxyl groups excluding tert-OH is 2. The molecule has 1 amide bonds. The minimum absolute atomic E-state index is 0.0635. The number of unbranched alkanes of at least 4 members (excludes halogenated alkanes) is 31. The van der Waals surface area contributed by atoms with Crippen LogP contribution in [0.2, 0.25) is 0 Å². The first kappa shape index (κ1) is 50.6. The molecule has 0 aromatic heterocycles. The fourth-order valence-corrected chi connectivity index (χ4v) is 7.03. The normalized spacial score (nSPS) is 13.2. The Kier molecular flexibility index (Phi) is 42.8. The standard InChI is InChI=1S/C48H91NO3/c1-3-5-7-9-11-13-15-17-18-19-20-21-22-23-24-25-26-27-28-29-30-32-34-36-38-40-42-44-48(52)49-46(45-50)47(51)43-41-39-37-35-33-31-16-14-12-10-8-6-4-2/h15,17,19-20,41,43,46-47,50-51H,3-14,16,18,21-40,42,44-45H2,1-2H3,(H,49,52)/b17-15-,20-19-,43-41+. The molecule has 4 heteroatoms. The highest BCUT2D eigenvalue weighted by Crippen LogP contribution is 2.15. The maximum atomic E-state index is 12.4. The Hall–Kier alpha value is -1.39. The number of hydrogen-bond donors (Lipinski definition) is 3. The highest BCUT2D eigenvalue weighted by atomic mass is 16.3. The summed E-state index contributed by atoms with van der Waals surface area (Å²) in [4.78, 5) is 12.4. The van der Waals surface area contributed by atoms with E-state index in [1.807, 2.05) is 6.08 Å². The maximum Gasteiger partial charge on any atom is 0.220 e. The van der Waals surface area contributed by atoms with Gasteiger partial charge in [0.15, 0.2) is 0 Å². The van der Waals surface area contributed by atoms with E-state index in [4.69, 9.17) is 0 Å². The van der Waals surface area contributed by atoms with E-state index in [0.717, 1.165) is 32.1 Å². The lowest BCUT2D eigenvalue weighted by molar-refractivity contribution is -0.123. The first-order chi connectivity index (χ1) is 25.7. The minimum atomic E-state index is -0.836. The van der Waals surface area contributed by atoms with E-state index in [0.29, 0.717) is 6.42 Å². The molecule has 2 atom stereocenters. The summed E-state index contributed by atoms with van der Waals surface area (Å²) >= 11 is 0. The van der Waals surface area contributed by atoms with Crippen LogP contribution in [0.3, 0.4) is 0 Å². The van der Waals surface area contributed by atoms with Gasteiger partial charge in [0.2, 0.25) is 5.91 Å². The van der Waals surface area contributed by atoms with E-state index in [-0.39, 0.29) is 12.5 Å². The number of carbonyl (C=O) groups excluding carboxylic acids is 1. The Bertz CT molecular complexity index is 790. The molecule has 4 nitrogen and oxygen atoms in total. The third kappa shape index (κ3) is 39.8. The Labute approximate surface area is 325 Å². The van der Waals surface area contributed by atoms with Crippen molar-refractivity contribution >= 4 is 5.91 Å². The summed E-state index contributed by atoms with van der Waals surface area (Å²) in [6.07, 6.45) is 58.3. The van der Waals surface area contributed by atoms with Crippen LogP contribution in [0.4, 0.5) is 0 Å². The molecule has 0 aromatic carbocycles. The fraction of sp³-hybridized carbons (Fsp3) is 0.854. The van der Waals surface area contributed by atoms with E-state index >= 15 is 0 Å². The predicted molar refractivity (Wildman–Crippen MR) is 230 cm³/mol. The average molecular weight is 730 g/mol. The molecule has 0 radical (unpaired) electrons. The van der Waals surface area contributed by atoms with Crippen molar-refractivity contribution < 1.29 is 15.0 Å². The summed E-state index contributed by atoms with van der Waals surface area (Å²) in [5.41, 5.74) is 0. The van der Waals surface area contributed by atoms with Gasteiger partial charge in [-0.2, -0.15) is 0 Å². The molecule has 0 saturated carbocycles. The lowest BCUT2D eigenvalue weighted by Gasteiger charge is -2.20. The molecule has 0 spiro atoms. The smallest absolute Gasteiger partial charge is 0.220 e. The Balaban J connectivity index is 3.49. The molecule has 0 aliphatic heterocycles. The lowest BCUT2D eigenvalue weighted by atomic mass is 10.0. The molecule has 306 valence electrons. The zero-order valence-electron chi connectivity index (χ0n) is 35.1. The number of carbonyl (C=O) groups is 1. The highest BCUT2D eigenvalue weighted by Gasteiger charge is 2.17. The van der Waals surface area contributed by atoms with Crippen molar-refractivity contribution in [1.29, 1.82) is 0 Å². The fourth-order valence-electron chi connectivity index (χ4n) is 7.03. The predicted octanol–water partition coefficient (Wildman–Crippen LogP) is 14.6. The Morgan fingerprint density at radius 3 is 1.15 bits per heavy atom. The molecule has 0 aliphatic rings. The van der Waals surface area contributed by atoms with Crippen LogP contribution in [0.1, 0.15) is 245 Å². The van der Waals surface area contributed by atoms with Crippen LogP contribution in [-0.2, 0) is 4.79 Å². The number of hydrogen-bond acceptors (Lipinski definition) is 3. The molecule has 0 fully saturated rings. The second-order valence-corrected chi connectivity index (χ2v) is 15.8. The molecule has 3 N–H and O–H groups in total. The second-order valence-electron chi connectivity index (χ2n) is 15.8. The second kappa shape index (κ2) is 44.0. The van der Waals surface area contributed by atoms with Crippen molar-refractivity contribution in [2.24, 2.45) is 0 Å². The quantitative estimate of drug-likeness (QED) is 0.0433. The van der Waals surface area contributed by atoms with Gasteiger partial charge in [-0.15, -0.1) is 0 Å². The number of nitrogens with one attached hydrogen (secondary N) is 1. The molecular formula is C48H91NO3. The van der Waals surface area contributed by atoms with Crippen LogP contribution in [-0.4, -0.2) is 34.9 Å². The number of allylic oxidation sites excluding steroid dienone is 5. The third-order valence-electron chi connectivity index (χ3n) is 10.6. The number of amides is 1. The van der Waals surface area contributed by atoms with Gasteiger partial charge in [-0.05, 0) is 51.4 Å². The van der Waals surface area contributed by atoms with E-state index in [9.17, 15) is 15.0 Å². The topological polar surface area (TPSA) is 69.6 Å². The van der Waals surface area contributed by atoms with Gasteiger partial charge >= 0.3 is 0 Å². The van der Waals surface area contributed by atoms with Crippen molar-refractivity contribution in [3.63, 3.8) is 0 Å². The van der Waals surface area contributed by atoms with Gasteiger partial charge in [-0.3, -0.25) is 4.79 Å². The largest absolute Gasteiger partial charge is 0.394 e. The molecule has 0 aromatic rings. The molecule has 0 saturated heterocycles. The SMILES string of the molecule is CCCCCCC/C=C\C/C=C\CCCCCCCCCCCCCCCCCC(=O)NC(CO)C(O)/C=C/CCCCCCCCCCCCC. The number of aliphatic hydroxyl groups is 2. The van der Waals surface area contributed by atoms with E-state index in [2.05, 4.69) is 43.5 Å². The van der Waals surface area contributed by atoms with Crippen molar-refractivity contribution in [3.8, 4) is 0 Å². The summed E-state index contributed by atoms with van der Waals surface area (Å²) in [7, 11) is 0. The Morgan fingerprint density at radius 1 is 0.462 bits per heavy atom. The van der Waals surface area contributed by atoms with Gasteiger partial charge in [0.25, 0.3) is 0 Å². The van der Waals surface area contributed by atoms with Gasteiger partial charge in [-0.1, -0.05) is 224 Å². The third-order valence-corrected chi connectivity index (χ3v) is 10.6. The molecular weight excluding hydrogens is 639 g/mol. The zero-order chi connectivity index (χ0) is 37.8. The zero-order valence-corrected chi connectivity index (χ0v) is 35.1. The van der Waals surface area contributed by atoms with E-state index in [1.54, 1.807) is 6.08 Å². The molecule has 0 heterocycles. The lowest BCUT2D eigenvalue weighted by Crippen LogP contribution is -2.45. The molecule has 0 bridgehead atoms. The summed E-state index contributed by atoms with van der Waals surface area (Å²) < 4.78 is 0. The van der Waals surface area contributed by atoms with Crippen molar-refractivity contribution in [1.82, 2.24) is 5.32 Å². The minimum Gasteiger partial charge on any atom is -0.394 e. The van der Waals surface area contributed by atoms with Crippen molar-refractivity contribution in [2.75, 3.05) is 6.61 Å². The van der Waals surface area contributed by atoms with Gasteiger partial charge in [0.05, 0.1) is 18.8 Å². The summed E-state index contributed by atoms with van der Waals surface area (Å²) in [6, 6.07) is -0.620. The van der Waals surface area contributed by atoms with Crippen molar-refractivity contribution in [2.45, 2.75) is 257 Å². The van der Waals surface area contributed by atoms with Crippen LogP contribution in [0.5, 0.6) is 0 Å². The summed E-state index contributed by atoms with van der Waals surface area (Å²) in [5.74, 6) is -0.0635. The van der Waals surface area contributed by atoms with Gasteiger partial charge < -0.3 is 15.5 Å². The van der Waals surface area contributed by atoms with E-state index < -0.39 is 12.1 Å². The van der Waals surface area contributed by atoms with Gasteiger partial charge in [0, 0.05) is 6.42 Å². The maximum absolute atomic E-state index is 12.4. The molecule has 0 aliphatic carbocycles. The first-order valence-corrected chi connectivity index (χ1v) is 23.2. The highest BCUT2D eigenvalue weighted by molar-refractivity contribution is 5.76. The van der Waals surface area contributed by atoms with Crippen LogP contribution < -0.4 is 5.32 Å². The van der Waals surface area contributed by atoms with Gasteiger partial charge in [0.1, 0.15) is 0 Å². The molecule has 2 unspecified atom stereocenters. The molecule has 52 heavy (non-hydrogen) atoms. The van der Waals surface area contributed by atoms with E-state index in [1.165, 1.54) is 193 Å². The summed E-state index contributed by atoms with van der Waals surface area (Å²) in [6.45, 7) is 4.30. The molecule has 0 rings (SSSR count). The van der Waals surface area contributed by atoms with Crippen LogP contribution in [0.15, 0.2) is 36.5 Å². The monoisotopic (exact) mass is 730 g/mol. The van der Waals surface area contributed by atoms with Crippen LogP contribution >= 0.6 is 0 Å². The Morgan fingerprint density at radius 2 is 0.788 bits per heavy atom. The van der Waals surface area contributed by atoms with Crippen molar-refractivity contribution in [3.05, 3.63) is 36.5 Å². The van der Waals surface area contributed by atoms with Gasteiger partial charge in [-0.25, -0.2) is 0 Å².